The molecule has 2 atom stereocenters. The number of nitrogens with one attached hydrogen (secondary N) is 1. The first-order chi connectivity index (χ1) is 18.5. The van der Waals surface area contributed by atoms with E-state index < -0.39 is 24.9 Å². The number of nitrogens with zero attached hydrogens (tertiary/aromatic N) is 7. The number of amides is 1. The number of benzene rings is 1. The number of aliphatic hydroxyl groups is 1. The van der Waals surface area contributed by atoms with Gasteiger partial charge in [-0.25, -0.2) is 22.4 Å². The number of halogens is 3. The number of hydrogen-bond acceptors (Lipinski definition) is 8. The summed E-state index contributed by atoms with van der Waals surface area (Å²) in [6.07, 6.45) is -0.862. The van der Waals surface area contributed by atoms with Gasteiger partial charge in [0.25, 0.3) is 6.43 Å². The second-order valence-electron chi connectivity index (χ2n) is 10.4. The number of methoxy groups -OCH3 is 1. The largest absolute Gasteiger partial charge is 0.479 e. The fourth-order valence-electron chi connectivity index (χ4n) is 5.09. The normalized spacial score (nSPS) is 18.2. The lowest BCUT2D eigenvalue weighted by molar-refractivity contribution is -0.137. The highest BCUT2D eigenvalue weighted by molar-refractivity contribution is 5.90. The molecule has 4 heterocycles. The van der Waals surface area contributed by atoms with E-state index >= 15 is 4.39 Å². The van der Waals surface area contributed by atoms with E-state index in [0.717, 1.165) is 4.68 Å². The lowest BCUT2D eigenvalue weighted by Crippen LogP contribution is -2.54. The molecule has 0 spiro atoms. The summed E-state index contributed by atoms with van der Waals surface area (Å²) in [5.41, 5.74) is 1.18. The summed E-state index contributed by atoms with van der Waals surface area (Å²) in [6, 6.07) is 3.44. The minimum absolute atomic E-state index is 0.116. The summed E-state index contributed by atoms with van der Waals surface area (Å²) >= 11 is 0. The van der Waals surface area contributed by atoms with Gasteiger partial charge in [0, 0.05) is 24.5 Å². The Morgan fingerprint density at radius 1 is 1.33 bits per heavy atom. The van der Waals surface area contributed by atoms with Crippen molar-refractivity contribution in [1.82, 2.24) is 34.5 Å². The summed E-state index contributed by atoms with van der Waals surface area (Å²) in [6.45, 7) is 5.68. The maximum atomic E-state index is 15.4. The first kappa shape index (κ1) is 26.7. The number of piperidine rings is 1. The predicted octanol–water partition coefficient (Wildman–Crippen LogP) is 3.15. The van der Waals surface area contributed by atoms with Crippen LogP contribution >= 0.6 is 0 Å². The molecule has 2 N–H and O–H groups in total. The van der Waals surface area contributed by atoms with E-state index in [2.05, 4.69) is 25.7 Å². The van der Waals surface area contributed by atoms with Crippen LogP contribution in [0, 0.1) is 11.2 Å². The second-order valence-corrected chi connectivity index (χ2v) is 10.4. The molecule has 1 aliphatic rings. The molecule has 208 valence electrons. The molecular weight excluding hydrogens is 517 g/mol. The Kier molecular flexibility index (Phi) is 6.83. The highest BCUT2D eigenvalue weighted by Gasteiger charge is 2.38. The Morgan fingerprint density at radius 3 is 2.77 bits per heavy atom. The molecule has 11 nitrogen and oxygen atoms in total. The van der Waals surface area contributed by atoms with Crippen molar-refractivity contribution in [3.63, 3.8) is 0 Å². The number of rotatable bonds is 7. The molecule has 1 saturated heterocycles. The molecule has 39 heavy (non-hydrogen) atoms. The average molecular weight is 547 g/mol. The number of fused-ring (bicyclic) bond motifs is 2. The number of aliphatic hydroxyl groups excluding tert-OH is 1. The molecule has 0 saturated carbocycles. The van der Waals surface area contributed by atoms with Gasteiger partial charge in [-0.2, -0.15) is 4.98 Å². The predicted molar refractivity (Wildman–Crippen MR) is 136 cm³/mol. The molecule has 0 unspecified atom stereocenters. The van der Waals surface area contributed by atoms with E-state index in [4.69, 9.17) is 4.74 Å². The van der Waals surface area contributed by atoms with E-state index in [-0.39, 0.29) is 40.3 Å². The summed E-state index contributed by atoms with van der Waals surface area (Å²) in [7, 11) is 1.41. The van der Waals surface area contributed by atoms with Crippen LogP contribution in [0.3, 0.4) is 0 Å². The first-order valence-electron chi connectivity index (χ1n) is 12.5. The van der Waals surface area contributed by atoms with Gasteiger partial charge in [0.05, 0.1) is 24.4 Å². The SMILES string of the molecule is COc1nc(N[C@H]2CCN(C(=O)CO)CC2(C)C)nn2cc(F)c(-c3ccc4nnn([C@H](C)C(F)F)c4c3)c12. The molecular formula is C25H29F3N8O3. The van der Waals surface area contributed by atoms with Gasteiger partial charge in [0.1, 0.15) is 23.7 Å². The highest BCUT2D eigenvalue weighted by atomic mass is 19.3. The van der Waals surface area contributed by atoms with Gasteiger partial charge in [-0.05, 0) is 31.0 Å². The van der Waals surface area contributed by atoms with Gasteiger partial charge in [-0.3, -0.25) is 4.79 Å². The molecule has 1 fully saturated rings. The van der Waals surface area contributed by atoms with E-state index in [1.54, 1.807) is 23.1 Å². The third-order valence-electron chi connectivity index (χ3n) is 7.28. The fourth-order valence-corrected chi connectivity index (χ4v) is 5.09. The molecule has 0 bridgehead atoms. The number of ether oxygens (including phenoxy) is 1. The van der Waals surface area contributed by atoms with Crippen LogP contribution in [0.25, 0.3) is 27.7 Å². The van der Waals surface area contributed by atoms with Crippen molar-refractivity contribution in [2.24, 2.45) is 5.41 Å². The molecule has 4 aromatic rings. The molecule has 3 aromatic heterocycles. The third kappa shape index (κ3) is 4.73. The van der Waals surface area contributed by atoms with E-state index in [9.17, 15) is 18.7 Å². The van der Waals surface area contributed by atoms with Crippen LogP contribution in [0.5, 0.6) is 5.88 Å². The number of alkyl halides is 2. The zero-order valence-electron chi connectivity index (χ0n) is 21.9. The molecule has 5 rings (SSSR count). The standard InChI is InChI=1S/C25H29F3N8O3/c1-13(22(27)28)36-17-9-14(5-6-16(17)31-33-36)20-15(26)10-35-21(20)23(39-4)30-24(32-35)29-18-7-8-34(19(38)11-37)12-25(18,2)3/h5-6,9-10,13,18,22,37H,7-8,11-12H2,1-4H3,(H,29,32)/t13-,18+/m1/s1. The second kappa shape index (κ2) is 9.98. The van der Waals surface area contributed by atoms with Gasteiger partial charge >= 0.3 is 0 Å². The zero-order chi connectivity index (χ0) is 28.1. The average Bonchev–Trinajstić information content (AvgIpc) is 3.47. The lowest BCUT2D eigenvalue weighted by atomic mass is 9.79. The van der Waals surface area contributed by atoms with Crippen LogP contribution in [-0.2, 0) is 4.79 Å². The Hall–Kier alpha value is -3.94. The Bertz CT molecular complexity index is 1540. The quantitative estimate of drug-likeness (QED) is 0.363. The third-order valence-corrected chi connectivity index (χ3v) is 7.28. The van der Waals surface area contributed by atoms with E-state index in [0.29, 0.717) is 36.1 Å². The van der Waals surface area contributed by atoms with Crippen molar-refractivity contribution in [2.75, 3.05) is 32.1 Å². The summed E-state index contributed by atoms with van der Waals surface area (Å²) in [5.74, 6) is -0.595. The monoisotopic (exact) mass is 546 g/mol. The Balaban J connectivity index is 1.51. The number of likely N-dealkylation sites (tertiary alicyclic amines) is 1. The van der Waals surface area contributed by atoms with Crippen molar-refractivity contribution >= 4 is 28.4 Å². The molecule has 0 aliphatic carbocycles. The van der Waals surface area contributed by atoms with E-state index in [1.807, 2.05) is 13.8 Å². The molecule has 1 aliphatic heterocycles. The van der Waals surface area contributed by atoms with Gasteiger partial charge in [0.2, 0.25) is 17.7 Å². The van der Waals surface area contributed by atoms with Crippen molar-refractivity contribution in [3.05, 3.63) is 30.2 Å². The van der Waals surface area contributed by atoms with Gasteiger partial charge < -0.3 is 20.1 Å². The smallest absolute Gasteiger partial charge is 0.260 e. The summed E-state index contributed by atoms with van der Waals surface area (Å²) in [5, 5.41) is 24.8. The van der Waals surface area contributed by atoms with Crippen LogP contribution in [0.1, 0.15) is 33.2 Å². The number of aromatic nitrogens is 6. The van der Waals surface area contributed by atoms with Crippen molar-refractivity contribution in [2.45, 2.75) is 45.7 Å². The molecule has 14 heteroatoms. The Morgan fingerprint density at radius 2 is 2.10 bits per heavy atom. The Labute approximate surface area is 221 Å². The number of carbonyl (C=O) groups excluding carboxylic acids is 1. The van der Waals surface area contributed by atoms with E-state index in [1.165, 1.54) is 24.7 Å². The highest BCUT2D eigenvalue weighted by Crippen LogP contribution is 2.37. The maximum absolute atomic E-state index is 15.4. The van der Waals surface area contributed by atoms with Gasteiger partial charge in [-0.15, -0.1) is 10.2 Å². The lowest BCUT2D eigenvalue weighted by Gasteiger charge is -2.44. The number of carbonyl (C=O) groups is 1. The fraction of sp³-hybridized carbons (Fsp3) is 0.480. The molecule has 0 radical (unpaired) electrons. The zero-order valence-corrected chi connectivity index (χ0v) is 21.9. The number of hydrogen-bond donors (Lipinski definition) is 2. The van der Waals surface area contributed by atoms with Crippen molar-refractivity contribution in [3.8, 4) is 17.0 Å². The van der Waals surface area contributed by atoms with Crippen molar-refractivity contribution in [1.29, 1.82) is 0 Å². The van der Waals surface area contributed by atoms with Crippen LogP contribution < -0.4 is 10.1 Å². The van der Waals surface area contributed by atoms with Gasteiger partial charge in [0.15, 0.2) is 5.82 Å². The van der Waals surface area contributed by atoms with Crippen LogP contribution in [0.2, 0.25) is 0 Å². The minimum atomic E-state index is -2.66. The van der Waals surface area contributed by atoms with Crippen LogP contribution in [0.15, 0.2) is 24.4 Å². The molecule has 1 amide bonds. The maximum Gasteiger partial charge on any atom is 0.260 e. The number of anilines is 1. The minimum Gasteiger partial charge on any atom is -0.479 e. The van der Waals surface area contributed by atoms with Crippen molar-refractivity contribution < 1.29 is 27.8 Å². The van der Waals surface area contributed by atoms with Crippen LogP contribution in [0.4, 0.5) is 19.1 Å². The van der Waals surface area contributed by atoms with Gasteiger partial charge in [-0.1, -0.05) is 25.1 Å². The summed E-state index contributed by atoms with van der Waals surface area (Å²) < 4.78 is 50.1. The topological polar surface area (TPSA) is 123 Å². The summed E-state index contributed by atoms with van der Waals surface area (Å²) in [4.78, 5) is 18.1. The van der Waals surface area contributed by atoms with Crippen LogP contribution in [-0.4, -0.2) is 84.8 Å². The molecule has 1 aromatic carbocycles. The first-order valence-corrected chi connectivity index (χ1v) is 12.5.